The SMILES string of the molecule is COc1ccc(OC)c(/C=C/C(=O)O[C@H](C)C(=O)Nc2cccc(C)c2)c1. The molecule has 1 atom stereocenters. The van der Waals surface area contributed by atoms with Gasteiger partial charge in [0, 0.05) is 17.3 Å². The Morgan fingerprint density at radius 3 is 2.52 bits per heavy atom. The summed E-state index contributed by atoms with van der Waals surface area (Å²) in [7, 11) is 3.09. The molecule has 6 nitrogen and oxygen atoms in total. The number of hydrogen-bond acceptors (Lipinski definition) is 5. The van der Waals surface area contributed by atoms with Gasteiger partial charge < -0.3 is 19.5 Å². The Morgan fingerprint density at radius 1 is 1.07 bits per heavy atom. The van der Waals surface area contributed by atoms with Crippen molar-refractivity contribution in [3.05, 3.63) is 59.7 Å². The topological polar surface area (TPSA) is 73.9 Å². The molecule has 0 saturated carbocycles. The number of carbonyl (C=O) groups is 2. The van der Waals surface area contributed by atoms with Crippen molar-refractivity contribution in [1.29, 1.82) is 0 Å². The van der Waals surface area contributed by atoms with Gasteiger partial charge in [-0.2, -0.15) is 0 Å². The smallest absolute Gasteiger partial charge is 0.331 e. The summed E-state index contributed by atoms with van der Waals surface area (Å²) >= 11 is 0. The van der Waals surface area contributed by atoms with Gasteiger partial charge in [-0.1, -0.05) is 12.1 Å². The molecule has 2 rings (SSSR count). The van der Waals surface area contributed by atoms with Crippen LogP contribution in [0.25, 0.3) is 6.08 Å². The second-order valence-corrected chi connectivity index (χ2v) is 5.88. The predicted octanol–water partition coefficient (Wildman–Crippen LogP) is 3.60. The highest BCUT2D eigenvalue weighted by Crippen LogP contribution is 2.25. The normalized spacial score (nSPS) is 11.7. The first kappa shape index (κ1) is 20.0. The number of rotatable bonds is 7. The van der Waals surface area contributed by atoms with Crippen molar-refractivity contribution in [3.8, 4) is 11.5 Å². The van der Waals surface area contributed by atoms with Crippen LogP contribution in [0.4, 0.5) is 5.69 Å². The van der Waals surface area contributed by atoms with Crippen molar-refractivity contribution in [3.63, 3.8) is 0 Å². The Morgan fingerprint density at radius 2 is 1.85 bits per heavy atom. The van der Waals surface area contributed by atoms with E-state index in [4.69, 9.17) is 14.2 Å². The fourth-order valence-electron chi connectivity index (χ4n) is 2.36. The number of esters is 1. The molecule has 0 bridgehead atoms. The summed E-state index contributed by atoms with van der Waals surface area (Å²) in [5.41, 5.74) is 2.33. The molecule has 27 heavy (non-hydrogen) atoms. The van der Waals surface area contributed by atoms with E-state index in [1.165, 1.54) is 20.1 Å². The molecule has 142 valence electrons. The number of nitrogens with one attached hydrogen (secondary N) is 1. The summed E-state index contributed by atoms with van der Waals surface area (Å²) in [5, 5.41) is 2.72. The van der Waals surface area contributed by atoms with E-state index in [-0.39, 0.29) is 0 Å². The van der Waals surface area contributed by atoms with Crippen LogP contribution in [0.2, 0.25) is 0 Å². The van der Waals surface area contributed by atoms with Crippen LogP contribution < -0.4 is 14.8 Å². The number of benzene rings is 2. The van der Waals surface area contributed by atoms with Crippen molar-refractivity contribution in [1.82, 2.24) is 0 Å². The van der Waals surface area contributed by atoms with E-state index < -0.39 is 18.0 Å². The Balaban J connectivity index is 1.98. The van der Waals surface area contributed by atoms with Crippen LogP contribution in [0.3, 0.4) is 0 Å². The van der Waals surface area contributed by atoms with Gasteiger partial charge in [0.15, 0.2) is 6.10 Å². The molecule has 0 aliphatic rings. The lowest BCUT2D eigenvalue weighted by Crippen LogP contribution is -2.29. The Labute approximate surface area is 158 Å². The maximum Gasteiger partial charge on any atom is 0.331 e. The van der Waals surface area contributed by atoms with Crippen molar-refractivity contribution >= 4 is 23.6 Å². The molecule has 0 aliphatic carbocycles. The van der Waals surface area contributed by atoms with E-state index in [1.54, 1.807) is 37.5 Å². The summed E-state index contributed by atoms with van der Waals surface area (Å²) in [6, 6.07) is 12.6. The van der Waals surface area contributed by atoms with E-state index in [2.05, 4.69) is 5.32 Å². The molecule has 0 fully saturated rings. The molecule has 0 radical (unpaired) electrons. The van der Waals surface area contributed by atoms with E-state index in [9.17, 15) is 9.59 Å². The third-order valence-electron chi connectivity index (χ3n) is 3.78. The molecule has 0 heterocycles. The summed E-state index contributed by atoms with van der Waals surface area (Å²) in [6.45, 7) is 3.44. The summed E-state index contributed by atoms with van der Waals surface area (Å²) < 4.78 is 15.6. The minimum absolute atomic E-state index is 0.402. The molecule has 2 aromatic rings. The second-order valence-electron chi connectivity index (χ2n) is 5.88. The molecule has 6 heteroatoms. The predicted molar refractivity (Wildman–Crippen MR) is 104 cm³/mol. The maximum absolute atomic E-state index is 12.2. The van der Waals surface area contributed by atoms with Gasteiger partial charge in [0.25, 0.3) is 5.91 Å². The Bertz CT molecular complexity index is 844. The summed E-state index contributed by atoms with van der Waals surface area (Å²) in [4.78, 5) is 24.2. The third-order valence-corrected chi connectivity index (χ3v) is 3.78. The van der Waals surface area contributed by atoms with Gasteiger partial charge >= 0.3 is 5.97 Å². The highest BCUT2D eigenvalue weighted by atomic mass is 16.5. The standard InChI is InChI=1S/C21H23NO5/c1-14-6-5-7-17(12-14)22-21(24)15(2)27-20(23)11-8-16-13-18(25-3)9-10-19(16)26-4/h5-13,15H,1-4H3,(H,22,24)/b11-8+/t15-/m1/s1. The zero-order valence-electron chi connectivity index (χ0n) is 15.8. The van der Waals surface area contributed by atoms with E-state index in [0.29, 0.717) is 22.7 Å². The number of aryl methyl sites for hydroxylation is 1. The lowest BCUT2D eigenvalue weighted by Gasteiger charge is -2.12. The average molecular weight is 369 g/mol. The molecule has 0 saturated heterocycles. The highest BCUT2D eigenvalue weighted by molar-refractivity contribution is 5.96. The van der Waals surface area contributed by atoms with E-state index >= 15 is 0 Å². The Kier molecular flexibility index (Phi) is 7.00. The fraction of sp³-hybridized carbons (Fsp3) is 0.238. The fourth-order valence-corrected chi connectivity index (χ4v) is 2.36. The van der Waals surface area contributed by atoms with Crippen molar-refractivity contribution in [2.45, 2.75) is 20.0 Å². The molecule has 1 N–H and O–H groups in total. The average Bonchev–Trinajstić information content (AvgIpc) is 2.66. The van der Waals surface area contributed by atoms with Crippen LogP contribution in [0, 0.1) is 6.92 Å². The van der Waals surface area contributed by atoms with Crippen LogP contribution in [0.1, 0.15) is 18.1 Å². The van der Waals surface area contributed by atoms with Gasteiger partial charge in [-0.25, -0.2) is 4.79 Å². The van der Waals surface area contributed by atoms with Gasteiger partial charge in [0.05, 0.1) is 14.2 Å². The molecule has 0 unspecified atom stereocenters. The molecule has 1 amide bonds. The molecular weight excluding hydrogens is 346 g/mol. The van der Waals surface area contributed by atoms with Gasteiger partial charge in [0.1, 0.15) is 11.5 Å². The lowest BCUT2D eigenvalue weighted by atomic mass is 10.1. The van der Waals surface area contributed by atoms with E-state index in [0.717, 1.165) is 5.56 Å². The largest absolute Gasteiger partial charge is 0.497 e. The maximum atomic E-state index is 12.2. The first-order chi connectivity index (χ1) is 12.9. The Hall–Kier alpha value is -3.28. The number of hydrogen-bond donors (Lipinski definition) is 1. The molecule has 2 aromatic carbocycles. The number of methoxy groups -OCH3 is 2. The van der Waals surface area contributed by atoms with Crippen LogP contribution in [0.5, 0.6) is 11.5 Å². The van der Waals surface area contributed by atoms with Crippen LogP contribution in [-0.2, 0) is 14.3 Å². The first-order valence-electron chi connectivity index (χ1n) is 8.41. The second kappa shape index (κ2) is 9.43. The lowest BCUT2D eigenvalue weighted by molar-refractivity contribution is -0.148. The van der Waals surface area contributed by atoms with Gasteiger partial charge in [-0.05, 0) is 55.8 Å². The molecular formula is C21H23NO5. The van der Waals surface area contributed by atoms with Gasteiger partial charge in [-0.15, -0.1) is 0 Å². The number of anilines is 1. The molecule has 0 spiro atoms. The number of ether oxygens (including phenoxy) is 3. The minimum atomic E-state index is -0.935. The number of carbonyl (C=O) groups excluding carboxylic acids is 2. The minimum Gasteiger partial charge on any atom is -0.497 e. The zero-order chi connectivity index (χ0) is 19.8. The monoisotopic (exact) mass is 369 g/mol. The van der Waals surface area contributed by atoms with Crippen molar-refractivity contribution in [2.75, 3.05) is 19.5 Å². The van der Waals surface area contributed by atoms with Crippen LogP contribution >= 0.6 is 0 Å². The number of amides is 1. The zero-order valence-corrected chi connectivity index (χ0v) is 15.8. The molecule has 0 aliphatic heterocycles. The highest BCUT2D eigenvalue weighted by Gasteiger charge is 2.16. The van der Waals surface area contributed by atoms with Gasteiger partial charge in [-0.3, -0.25) is 4.79 Å². The van der Waals surface area contributed by atoms with Crippen molar-refractivity contribution in [2.24, 2.45) is 0 Å². The molecule has 0 aromatic heterocycles. The third kappa shape index (κ3) is 5.88. The first-order valence-corrected chi connectivity index (χ1v) is 8.41. The summed E-state index contributed by atoms with van der Waals surface area (Å²) in [6.07, 6.45) is 1.86. The van der Waals surface area contributed by atoms with Crippen molar-refractivity contribution < 1.29 is 23.8 Å². The van der Waals surface area contributed by atoms with Crippen LogP contribution in [0.15, 0.2) is 48.5 Å². The quantitative estimate of drug-likeness (QED) is 0.596. The summed E-state index contributed by atoms with van der Waals surface area (Å²) in [5.74, 6) is 0.188. The van der Waals surface area contributed by atoms with E-state index in [1.807, 2.05) is 25.1 Å². The van der Waals surface area contributed by atoms with Crippen LogP contribution in [-0.4, -0.2) is 32.2 Å². The van der Waals surface area contributed by atoms with Gasteiger partial charge in [0.2, 0.25) is 0 Å².